The van der Waals surface area contributed by atoms with E-state index in [0.717, 1.165) is 24.7 Å². The van der Waals surface area contributed by atoms with Gasteiger partial charge in [-0.15, -0.1) is 0 Å². The highest BCUT2D eigenvalue weighted by Crippen LogP contribution is 2.34. The average Bonchev–Trinajstić information content (AvgIpc) is 3.15. The fourth-order valence-electron chi connectivity index (χ4n) is 4.16. The molecule has 2 bridgehead atoms. The number of hydrogen-bond donors (Lipinski definition) is 1. The second-order valence-corrected chi connectivity index (χ2v) is 6.30. The molecule has 19 heavy (non-hydrogen) atoms. The molecule has 3 heterocycles. The number of piperazine rings is 1. The van der Waals surface area contributed by atoms with Gasteiger partial charge in [0.25, 0.3) is 0 Å². The molecule has 3 unspecified atom stereocenters. The van der Waals surface area contributed by atoms with E-state index in [4.69, 9.17) is 0 Å². The summed E-state index contributed by atoms with van der Waals surface area (Å²) >= 11 is 0. The highest BCUT2D eigenvalue weighted by molar-refractivity contribution is 5.16. The SMILES string of the molecule is c1ccc(CN2CC3CC2CN3C2CCNC2)cc1. The minimum absolute atomic E-state index is 0.797. The molecule has 3 aliphatic rings. The number of rotatable bonds is 3. The Morgan fingerprint density at radius 1 is 1.05 bits per heavy atom. The Hall–Kier alpha value is -0.900. The minimum Gasteiger partial charge on any atom is -0.315 e. The van der Waals surface area contributed by atoms with Crippen molar-refractivity contribution in [3.05, 3.63) is 35.9 Å². The van der Waals surface area contributed by atoms with Gasteiger partial charge in [-0.1, -0.05) is 30.3 Å². The first-order valence-corrected chi connectivity index (χ1v) is 7.64. The Kier molecular flexibility index (Phi) is 3.06. The van der Waals surface area contributed by atoms with Crippen molar-refractivity contribution in [3.63, 3.8) is 0 Å². The van der Waals surface area contributed by atoms with Gasteiger partial charge in [-0.25, -0.2) is 0 Å². The molecule has 0 aromatic heterocycles. The summed E-state index contributed by atoms with van der Waals surface area (Å²) in [4.78, 5) is 5.48. The van der Waals surface area contributed by atoms with Gasteiger partial charge in [0.15, 0.2) is 0 Å². The number of nitrogens with one attached hydrogen (secondary N) is 1. The number of nitrogens with zero attached hydrogens (tertiary/aromatic N) is 2. The van der Waals surface area contributed by atoms with E-state index in [2.05, 4.69) is 45.4 Å². The normalized spacial score (nSPS) is 35.3. The topological polar surface area (TPSA) is 18.5 Å². The molecule has 0 saturated carbocycles. The Morgan fingerprint density at radius 2 is 1.95 bits per heavy atom. The van der Waals surface area contributed by atoms with E-state index in [0.29, 0.717) is 0 Å². The Labute approximate surface area is 115 Å². The molecule has 0 spiro atoms. The van der Waals surface area contributed by atoms with Crippen molar-refractivity contribution in [1.82, 2.24) is 15.1 Å². The first kappa shape index (κ1) is 11.9. The number of fused-ring (bicyclic) bond motifs is 2. The molecular weight excluding hydrogens is 234 g/mol. The number of benzene rings is 1. The maximum absolute atomic E-state index is 3.50. The molecule has 1 aromatic rings. The molecule has 4 rings (SSSR count). The summed E-state index contributed by atoms with van der Waals surface area (Å²) in [6, 6.07) is 13.3. The van der Waals surface area contributed by atoms with Crippen LogP contribution in [0.15, 0.2) is 30.3 Å². The van der Waals surface area contributed by atoms with E-state index >= 15 is 0 Å². The molecule has 1 N–H and O–H groups in total. The monoisotopic (exact) mass is 257 g/mol. The van der Waals surface area contributed by atoms with Crippen molar-refractivity contribution < 1.29 is 0 Å². The summed E-state index contributed by atoms with van der Waals surface area (Å²) in [5.74, 6) is 0. The first-order valence-electron chi connectivity index (χ1n) is 7.64. The van der Waals surface area contributed by atoms with Crippen LogP contribution < -0.4 is 5.32 Å². The average molecular weight is 257 g/mol. The summed E-state index contributed by atoms with van der Waals surface area (Å²) in [6.45, 7) is 6.13. The van der Waals surface area contributed by atoms with Crippen LogP contribution >= 0.6 is 0 Å². The molecule has 0 aliphatic carbocycles. The molecule has 3 fully saturated rings. The Bertz CT molecular complexity index is 427. The lowest BCUT2D eigenvalue weighted by Gasteiger charge is -2.37. The lowest BCUT2D eigenvalue weighted by atomic mass is 10.1. The summed E-state index contributed by atoms with van der Waals surface area (Å²) < 4.78 is 0. The van der Waals surface area contributed by atoms with Gasteiger partial charge in [-0.2, -0.15) is 0 Å². The van der Waals surface area contributed by atoms with E-state index in [1.807, 2.05) is 0 Å². The Morgan fingerprint density at radius 3 is 2.63 bits per heavy atom. The van der Waals surface area contributed by atoms with Gasteiger partial charge in [0.05, 0.1) is 0 Å². The second kappa shape index (κ2) is 4.89. The lowest BCUT2D eigenvalue weighted by Crippen LogP contribution is -2.50. The van der Waals surface area contributed by atoms with E-state index in [9.17, 15) is 0 Å². The number of hydrogen-bond acceptors (Lipinski definition) is 3. The van der Waals surface area contributed by atoms with Gasteiger partial charge in [0.1, 0.15) is 0 Å². The predicted molar refractivity (Wildman–Crippen MR) is 77.0 cm³/mol. The van der Waals surface area contributed by atoms with E-state index in [1.54, 1.807) is 0 Å². The van der Waals surface area contributed by atoms with Gasteiger partial charge in [0, 0.05) is 44.3 Å². The van der Waals surface area contributed by atoms with E-state index in [1.165, 1.54) is 44.6 Å². The van der Waals surface area contributed by atoms with Crippen LogP contribution in [0, 0.1) is 0 Å². The third-order valence-electron chi connectivity index (χ3n) is 5.13. The molecule has 3 heteroatoms. The molecule has 102 valence electrons. The standard InChI is InChI=1S/C16H23N3/c1-2-4-13(5-3-1)10-18-11-16-8-15(18)12-19(16)14-6-7-17-9-14/h1-5,14-17H,6-12H2. The van der Waals surface area contributed by atoms with Crippen LogP contribution in [0.3, 0.4) is 0 Å². The zero-order chi connectivity index (χ0) is 12.7. The van der Waals surface area contributed by atoms with Gasteiger partial charge in [0.2, 0.25) is 0 Å². The van der Waals surface area contributed by atoms with Crippen LogP contribution in [0.4, 0.5) is 0 Å². The van der Waals surface area contributed by atoms with Crippen LogP contribution in [0.2, 0.25) is 0 Å². The van der Waals surface area contributed by atoms with Crippen molar-refractivity contribution in [2.24, 2.45) is 0 Å². The van der Waals surface area contributed by atoms with E-state index in [-0.39, 0.29) is 0 Å². The summed E-state index contributed by atoms with van der Waals surface area (Å²) in [6.07, 6.45) is 2.74. The summed E-state index contributed by atoms with van der Waals surface area (Å²) in [5.41, 5.74) is 1.46. The zero-order valence-corrected chi connectivity index (χ0v) is 11.5. The van der Waals surface area contributed by atoms with Gasteiger partial charge < -0.3 is 5.32 Å². The molecule has 3 nitrogen and oxygen atoms in total. The highest BCUT2D eigenvalue weighted by atomic mass is 15.4. The van der Waals surface area contributed by atoms with Crippen LogP contribution in [-0.2, 0) is 6.54 Å². The predicted octanol–water partition coefficient (Wildman–Crippen LogP) is 1.31. The first-order chi connectivity index (χ1) is 9.40. The smallest absolute Gasteiger partial charge is 0.0242 e. The van der Waals surface area contributed by atoms with Crippen molar-refractivity contribution in [1.29, 1.82) is 0 Å². The molecule has 0 amide bonds. The van der Waals surface area contributed by atoms with Crippen molar-refractivity contribution in [2.45, 2.75) is 37.5 Å². The van der Waals surface area contributed by atoms with Crippen molar-refractivity contribution in [3.8, 4) is 0 Å². The molecule has 3 saturated heterocycles. The second-order valence-electron chi connectivity index (χ2n) is 6.30. The maximum atomic E-state index is 3.50. The summed E-state index contributed by atoms with van der Waals surface area (Å²) in [5, 5.41) is 3.50. The fraction of sp³-hybridized carbons (Fsp3) is 0.625. The fourth-order valence-corrected chi connectivity index (χ4v) is 4.16. The molecule has 3 atom stereocenters. The zero-order valence-electron chi connectivity index (χ0n) is 11.5. The molecule has 1 aromatic carbocycles. The van der Waals surface area contributed by atoms with Crippen LogP contribution in [0.25, 0.3) is 0 Å². The van der Waals surface area contributed by atoms with Gasteiger partial charge in [-0.3, -0.25) is 9.80 Å². The van der Waals surface area contributed by atoms with Crippen molar-refractivity contribution in [2.75, 3.05) is 26.2 Å². The largest absolute Gasteiger partial charge is 0.315 e. The van der Waals surface area contributed by atoms with Gasteiger partial charge in [-0.05, 0) is 24.9 Å². The molecule has 0 radical (unpaired) electrons. The molecule has 3 aliphatic heterocycles. The lowest BCUT2D eigenvalue weighted by molar-refractivity contribution is 0.0941. The van der Waals surface area contributed by atoms with E-state index < -0.39 is 0 Å². The quantitative estimate of drug-likeness (QED) is 0.881. The summed E-state index contributed by atoms with van der Waals surface area (Å²) in [7, 11) is 0. The highest BCUT2D eigenvalue weighted by Gasteiger charge is 2.45. The third-order valence-corrected chi connectivity index (χ3v) is 5.13. The number of likely N-dealkylation sites (tertiary alicyclic amines) is 2. The Balaban J connectivity index is 1.39. The maximum Gasteiger partial charge on any atom is 0.0242 e. The minimum atomic E-state index is 0.797. The third kappa shape index (κ3) is 2.20. The van der Waals surface area contributed by atoms with Gasteiger partial charge >= 0.3 is 0 Å². The van der Waals surface area contributed by atoms with Crippen LogP contribution in [0.5, 0.6) is 0 Å². The van der Waals surface area contributed by atoms with Crippen LogP contribution in [-0.4, -0.2) is 54.1 Å². The van der Waals surface area contributed by atoms with Crippen molar-refractivity contribution >= 4 is 0 Å². The van der Waals surface area contributed by atoms with Crippen LogP contribution in [0.1, 0.15) is 18.4 Å². The molecular formula is C16H23N3.